The highest BCUT2D eigenvalue weighted by Crippen LogP contribution is 2.32. The fourth-order valence-corrected chi connectivity index (χ4v) is 1.89. The standard InChI is InChI=1S/C10H10ClF3N4O/c11-6-3-5(10(12,13)14)4-18-8(6)16-17-9(18)7(15)1-2-19/h3-4,7,19H,1-2,15H2. The van der Waals surface area contributed by atoms with Gasteiger partial charge in [0.1, 0.15) is 0 Å². The zero-order valence-electron chi connectivity index (χ0n) is 9.52. The molecule has 0 aliphatic rings. The van der Waals surface area contributed by atoms with E-state index in [2.05, 4.69) is 10.2 Å². The summed E-state index contributed by atoms with van der Waals surface area (Å²) < 4.78 is 39.2. The molecule has 0 bridgehead atoms. The molecule has 5 nitrogen and oxygen atoms in total. The summed E-state index contributed by atoms with van der Waals surface area (Å²) >= 11 is 5.75. The van der Waals surface area contributed by atoms with Crippen molar-refractivity contribution in [3.63, 3.8) is 0 Å². The number of rotatable bonds is 3. The molecule has 0 saturated carbocycles. The Labute approximate surface area is 110 Å². The molecule has 2 aromatic heterocycles. The van der Waals surface area contributed by atoms with Crippen LogP contribution in [0.1, 0.15) is 23.9 Å². The van der Waals surface area contributed by atoms with Crippen LogP contribution in [-0.4, -0.2) is 26.3 Å². The molecule has 9 heteroatoms. The Hall–Kier alpha value is -1.38. The number of aliphatic hydroxyl groups excluding tert-OH is 1. The van der Waals surface area contributed by atoms with E-state index in [0.29, 0.717) is 0 Å². The molecule has 0 aromatic carbocycles. The van der Waals surface area contributed by atoms with Gasteiger partial charge < -0.3 is 10.8 Å². The average molecular weight is 295 g/mol. The fourth-order valence-electron chi connectivity index (χ4n) is 1.65. The number of aromatic nitrogens is 3. The number of alkyl halides is 3. The summed E-state index contributed by atoms with van der Waals surface area (Å²) in [6, 6.07) is 0.0620. The third-order valence-electron chi connectivity index (χ3n) is 2.59. The zero-order chi connectivity index (χ0) is 14.2. The smallest absolute Gasteiger partial charge is 0.396 e. The lowest BCUT2D eigenvalue weighted by Crippen LogP contribution is -2.16. The van der Waals surface area contributed by atoms with E-state index >= 15 is 0 Å². The maximum atomic E-state index is 12.7. The molecule has 0 saturated heterocycles. The van der Waals surface area contributed by atoms with Crippen molar-refractivity contribution in [1.29, 1.82) is 0 Å². The Morgan fingerprint density at radius 2 is 2.11 bits per heavy atom. The van der Waals surface area contributed by atoms with Crippen LogP contribution in [0, 0.1) is 0 Å². The van der Waals surface area contributed by atoms with Crippen LogP contribution in [0.5, 0.6) is 0 Å². The van der Waals surface area contributed by atoms with Crippen molar-refractivity contribution in [1.82, 2.24) is 14.6 Å². The number of nitrogens with two attached hydrogens (primary N) is 1. The molecular weight excluding hydrogens is 285 g/mol. The minimum atomic E-state index is -4.53. The van der Waals surface area contributed by atoms with Crippen molar-refractivity contribution in [2.75, 3.05) is 6.61 Å². The van der Waals surface area contributed by atoms with E-state index in [0.717, 1.165) is 16.7 Å². The Morgan fingerprint density at radius 3 is 2.68 bits per heavy atom. The molecule has 104 valence electrons. The van der Waals surface area contributed by atoms with Gasteiger partial charge in [0, 0.05) is 12.8 Å². The predicted molar refractivity (Wildman–Crippen MR) is 61.6 cm³/mol. The van der Waals surface area contributed by atoms with Gasteiger partial charge in [-0.2, -0.15) is 13.2 Å². The molecule has 0 aliphatic carbocycles. The highest BCUT2D eigenvalue weighted by Gasteiger charge is 2.32. The Balaban J connectivity index is 2.60. The zero-order valence-corrected chi connectivity index (χ0v) is 10.3. The van der Waals surface area contributed by atoms with Gasteiger partial charge in [0.25, 0.3) is 0 Å². The highest BCUT2D eigenvalue weighted by atomic mass is 35.5. The molecule has 0 fully saturated rings. The quantitative estimate of drug-likeness (QED) is 0.905. The van der Waals surface area contributed by atoms with Crippen LogP contribution < -0.4 is 5.73 Å². The molecule has 2 heterocycles. The Morgan fingerprint density at radius 1 is 1.42 bits per heavy atom. The van der Waals surface area contributed by atoms with Crippen LogP contribution in [-0.2, 0) is 6.18 Å². The third-order valence-corrected chi connectivity index (χ3v) is 2.86. The molecule has 0 aliphatic heterocycles. The molecular formula is C10H10ClF3N4O. The number of pyridine rings is 1. The minimum Gasteiger partial charge on any atom is -0.396 e. The molecule has 2 aromatic rings. The highest BCUT2D eigenvalue weighted by molar-refractivity contribution is 6.33. The van der Waals surface area contributed by atoms with Crippen LogP contribution in [0.4, 0.5) is 13.2 Å². The van der Waals surface area contributed by atoms with Crippen LogP contribution in [0.15, 0.2) is 12.3 Å². The van der Waals surface area contributed by atoms with E-state index in [4.69, 9.17) is 22.4 Å². The molecule has 0 spiro atoms. The number of fused-ring (bicyclic) bond motifs is 1. The lowest BCUT2D eigenvalue weighted by molar-refractivity contribution is -0.137. The van der Waals surface area contributed by atoms with Crippen molar-refractivity contribution < 1.29 is 18.3 Å². The van der Waals surface area contributed by atoms with Gasteiger partial charge in [-0.25, -0.2) is 0 Å². The predicted octanol–water partition coefficient (Wildman–Crippen LogP) is 1.78. The summed E-state index contributed by atoms with van der Waals surface area (Å²) in [5.74, 6) is 0.122. The summed E-state index contributed by atoms with van der Waals surface area (Å²) in [5, 5.41) is 16.1. The SMILES string of the molecule is NC(CCO)c1nnc2c(Cl)cc(C(F)(F)F)cn12. The largest absolute Gasteiger partial charge is 0.417 e. The van der Waals surface area contributed by atoms with Crippen molar-refractivity contribution >= 4 is 17.2 Å². The topological polar surface area (TPSA) is 76.4 Å². The van der Waals surface area contributed by atoms with Crippen LogP contribution in [0.3, 0.4) is 0 Å². The van der Waals surface area contributed by atoms with Gasteiger partial charge in [-0.15, -0.1) is 10.2 Å². The van der Waals surface area contributed by atoms with Gasteiger partial charge >= 0.3 is 6.18 Å². The molecule has 1 unspecified atom stereocenters. The van der Waals surface area contributed by atoms with Gasteiger partial charge in [-0.05, 0) is 12.5 Å². The van der Waals surface area contributed by atoms with E-state index in [9.17, 15) is 13.2 Å². The first kappa shape index (κ1) is 14.0. The maximum absolute atomic E-state index is 12.7. The molecule has 19 heavy (non-hydrogen) atoms. The molecule has 1 atom stereocenters. The molecule has 0 radical (unpaired) electrons. The van der Waals surface area contributed by atoms with Gasteiger partial charge in [-0.1, -0.05) is 11.6 Å². The van der Waals surface area contributed by atoms with E-state index in [1.54, 1.807) is 0 Å². The average Bonchev–Trinajstić information content (AvgIpc) is 2.72. The molecule has 3 N–H and O–H groups in total. The first-order chi connectivity index (χ1) is 8.84. The van der Waals surface area contributed by atoms with Crippen molar-refractivity contribution in [3.05, 3.63) is 28.7 Å². The first-order valence-electron chi connectivity index (χ1n) is 5.32. The summed E-state index contributed by atoms with van der Waals surface area (Å²) in [6.45, 7) is -0.206. The van der Waals surface area contributed by atoms with Crippen molar-refractivity contribution in [2.24, 2.45) is 5.73 Å². The van der Waals surface area contributed by atoms with Gasteiger partial charge in [-0.3, -0.25) is 4.40 Å². The van der Waals surface area contributed by atoms with Crippen molar-refractivity contribution in [3.8, 4) is 0 Å². The van der Waals surface area contributed by atoms with Gasteiger partial charge in [0.15, 0.2) is 11.5 Å². The monoisotopic (exact) mass is 294 g/mol. The van der Waals surface area contributed by atoms with E-state index in [-0.39, 0.29) is 29.5 Å². The maximum Gasteiger partial charge on any atom is 0.417 e. The van der Waals surface area contributed by atoms with Crippen LogP contribution >= 0.6 is 11.6 Å². The van der Waals surface area contributed by atoms with Gasteiger partial charge in [0.2, 0.25) is 0 Å². The summed E-state index contributed by atoms with van der Waals surface area (Å²) in [4.78, 5) is 0. The van der Waals surface area contributed by atoms with E-state index in [1.165, 1.54) is 0 Å². The number of nitrogens with zero attached hydrogens (tertiary/aromatic N) is 3. The lowest BCUT2D eigenvalue weighted by Gasteiger charge is -2.11. The second kappa shape index (κ2) is 4.95. The number of aliphatic hydroxyl groups is 1. The second-order valence-electron chi connectivity index (χ2n) is 3.95. The van der Waals surface area contributed by atoms with Crippen LogP contribution in [0.25, 0.3) is 5.65 Å². The lowest BCUT2D eigenvalue weighted by atomic mass is 10.2. The second-order valence-corrected chi connectivity index (χ2v) is 4.35. The van der Waals surface area contributed by atoms with E-state index < -0.39 is 17.8 Å². The normalized spacial score (nSPS) is 14.0. The van der Waals surface area contributed by atoms with Gasteiger partial charge in [0.05, 0.1) is 16.6 Å². The number of hydrogen-bond donors (Lipinski definition) is 2. The Kier molecular flexibility index (Phi) is 3.66. The summed E-state index contributed by atoms with van der Waals surface area (Å²) in [7, 11) is 0. The third kappa shape index (κ3) is 2.65. The fraction of sp³-hybridized carbons (Fsp3) is 0.400. The number of halogens is 4. The van der Waals surface area contributed by atoms with Crippen LogP contribution in [0.2, 0.25) is 5.02 Å². The van der Waals surface area contributed by atoms with Crippen molar-refractivity contribution in [2.45, 2.75) is 18.6 Å². The number of hydrogen-bond acceptors (Lipinski definition) is 4. The first-order valence-corrected chi connectivity index (χ1v) is 5.70. The molecule has 2 rings (SSSR count). The molecule has 0 amide bonds. The summed E-state index contributed by atoms with van der Waals surface area (Å²) in [6.07, 6.45) is -3.52. The van der Waals surface area contributed by atoms with E-state index in [1.807, 2.05) is 0 Å². The summed E-state index contributed by atoms with van der Waals surface area (Å²) in [5.41, 5.74) is 4.90. The minimum absolute atomic E-state index is 0.0954. The Bertz CT molecular complexity index is 598.